The molecule has 3 N–H and O–H groups in total. The van der Waals surface area contributed by atoms with Gasteiger partial charge in [0.1, 0.15) is 5.82 Å². The van der Waals surface area contributed by atoms with Crippen molar-refractivity contribution in [3.8, 4) is 0 Å². The summed E-state index contributed by atoms with van der Waals surface area (Å²) in [6, 6.07) is 0. The number of carboxylic acid groups (broad SMARTS) is 1. The van der Waals surface area contributed by atoms with E-state index in [1.165, 1.54) is 0 Å². The van der Waals surface area contributed by atoms with Gasteiger partial charge in [-0.25, -0.2) is 4.98 Å². The number of carbonyl (C=O) groups excluding carboxylic acids is 1. The molecule has 2 rings (SSSR count). The summed E-state index contributed by atoms with van der Waals surface area (Å²) in [7, 11) is 0. The van der Waals surface area contributed by atoms with E-state index in [4.69, 9.17) is 5.11 Å². The van der Waals surface area contributed by atoms with Crippen molar-refractivity contribution >= 4 is 11.9 Å². The third-order valence-electron chi connectivity index (χ3n) is 3.49. The zero-order valence-corrected chi connectivity index (χ0v) is 12.4. The molecule has 0 aromatic carbocycles. The highest BCUT2D eigenvalue weighted by Gasteiger charge is 2.28. The molecule has 1 amide bonds. The Morgan fingerprint density at radius 1 is 1.43 bits per heavy atom. The molecule has 1 atom stereocenters. The van der Waals surface area contributed by atoms with Crippen molar-refractivity contribution in [1.82, 2.24) is 20.5 Å². The summed E-state index contributed by atoms with van der Waals surface area (Å²) in [4.78, 5) is 27.0. The first-order valence-electron chi connectivity index (χ1n) is 7.38. The molecule has 1 saturated carbocycles. The number of H-pyrrole nitrogens is 1. The smallest absolute Gasteiger partial charge is 0.303 e. The van der Waals surface area contributed by atoms with Gasteiger partial charge in [-0.05, 0) is 31.1 Å². The van der Waals surface area contributed by atoms with Crippen molar-refractivity contribution in [3.05, 3.63) is 11.6 Å². The van der Waals surface area contributed by atoms with Crippen LogP contribution in [0.5, 0.6) is 0 Å². The van der Waals surface area contributed by atoms with Crippen LogP contribution >= 0.6 is 0 Å². The van der Waals surface area contributed by atoms with E-state index in [1.807, 2.05) is 13.8 Å². The van der Waals surface area contributed by atoms with E-state index in [2.05, 4.69) is 20.5 Å². The highest BCUT2D eigenvalue weighted by atomic mass is 16.4. The molecule has 1 aromatic heterocycles. The monoisotopic (exact) mass is 294 g/mol. The Bertz CT molecular complexity index is 508. The van der Waals surface area contributed by atoms with Gasteiger partial charge in [0, 0.05) is 18.9 Å². The summed E-state index contributed by atoms with van der Waals surface area (Å²) < 4.78 is 0. The molecular formula is C14H22N4O3. The number of aromatic amines is 1. The molecule has 1 heterocycles. The van der Waals surface area contributed by atoms with Crippen molar-refractivity contribution in [2.45, 2.75) is 45.4 Å². The molecule has 0 radical (unpaired) electrons. The molecule has 21 heavy (non-hydrogen) atoms. The average Bonchev–Trinajstić information content (AvgIpc) is 3.12. The lowest BCUT2D eigenvalue weighted by molar-refractivity contribution is -0.138. The fourth-order valence-electron chi connectivity index (χ4n) is 2.38. The normalized spacial score (nSPS) is 16.0. The zero-order valence-electron chi connectivity index (χ0n) is 12.4. The van der Waals surface area contributed by atoms with Gasteiger partial charge in [-0.2, -0.15) is 0 Å². The topological polar surface area (TPSA) is 108 Å². The predicted octanol–water partition coefficient (Wildman–Crippen LogP) is 1.55. The van der Waals surface area contributed by atoms with Crippen LogP contribution in [-0.2, 0) is 4.79 Å². The fourth-order valence-corrected chi connectivity index (χ4v) is 2.38. The summed E-state index contributed by atoms with van der Waals surface area (Å²) in [5.74, 6) is 0.435. The number of nitrogens with zero attached hydrogens (tertiary/aromatic N) is 2. The molecule has 7 heteroatoms. The second kappa shape index (κ2) is 6.69. The van der Waals surface area contributed by atoms with Gasteiger partial charge in [0.2, 0.25) is 5.82 Å². The number of carboxylic acids is 1. The van der Waals surface area contributed by atoms with Gasteiger partial charge >= 0.3 is 5.97 Å². The van der Waals surface area contributed by atoms with E-state index in [-0.39, 0.29) is 24.1 Å². The van der Waals surface area contributed by atoms with Crippen molar-refractivity contribution in [2.75, 3.05) is 6.54 Å². The van der Waals surface area contributed by atoms with E-state index in [9.17, 15) is 9.59 Å². The van der Waals surface area contributed by atoms with Gasteiger partial charge in [0.25, 0.3) is 5.91 Å². The molecule has 0 aliphatic heterocycles. The Hall–Kier alpha value is -1.92. The molecule has 1 aliphatic carbocycles. The third-order valence-corrected chi connectivity index (χ3v) is 3.49. The van der Waals surface area contributed by atoms with Crippen LogP contribution in [0.4, 0.5) is 0 Å². The molecular weight excluding hydrogens is 272 g/mol. The first-order chi connectivity index (χ1) is 9.95. The van der Waals surface area contributed by atoms with Gasteiger partial charge in [0.15, 0.2) is 0 Å². The first kappa shape index (κ1) is 15.5. The number of carbonyl (C=O) groups is 2. The van der Waals surface area contributed by atoms with Crippen LogP contribution < -0.4 is 5.32 Å². The van der Waals surface area contributed by atoms with Crippen LogP contribution in [-0.4, -0.2) is 38.7 Å². The Labute approximate surface area is 123 Å². The standard InChI is InChI=1S/C14H22N4O3/c1-8(2)5-9(6-11(19)20)7-15-14(21)13-16-12(17-18-13)10-3-4-10/h8-10H,3-7H2,1-2H3,(H,15,21)(H,19,20)(H,16,17,18). The molecule has 0 bridgehead atoms. The van der Waals surface area contributed by atoms with Crippen LogP contribution in [0.3, 0.4) is 0 Å². The van der Waals surface area contributed by atoms with Crippen molar-refractivity contribution < 1.29 is 14.7 Å². The van der Waals surface area contributed by atoms with E-state index in [0.717, 1.165) is 25.1 Å². The number of rotatable bonds is 8. The van der Waals surface area contributed by atoms with E-state index in [1.54, 1.807) is 0 Å². The number of hydrogen-bond donors (Lipinski definition) is 3. The minimum absolute atomic E-state index is 0.0553. The largest absolute Gasteiger partial charge is 0.481 e. The SMILES string of the molecule is CC(C)CC(CNC(=O)c1n[nH]c(C2CC2)n1)CC(=O)O. The number of nitrogens with one attached hydrogen (secondary N) is 2. The molecule has 116 valence electrons. The summed E-state index contributed by atoms with van der Waals surface area (Å²) in [6.07, 6.45) is 2.99. The summed E-state index contributed by atoms with van der Waals surface area (Å²) in [5, 5.41) is 18.3. The number of aliphatic carboxylic acids is 1. The number of hydrogen-bond acceptors (Lipinski definition) is 4. The lowest BCUT2D eigenvalue weighted by Crippen LogP contribution is -2.31. The van der Waals surface area contributed by atoms with Crippen LogP contribution in [0, 0.1) is 11.8 Å². The molecule has 0 spiro atoms. The van der Waals surface area contributed by atoms with Crippen molar-refractivity contribution in [2.24, 2.45) is 11.8 Å². The van der Waals surface area contributed by atoms with Crippen LogP contribution in [0.15, 0.2) is 0 Å². The van der Waals surface area contributed by atoms with Gasteiger partial charge < -0.3 is 10.4 Å². The quantitative estimate of drug-likeness (QED) is 0.674. The molecule has 7 nitrogen and oxygen atoms in total. The molecule has 1 aliphatic rings. The van der Waals surface area contributed by atoms with Crippen LogP contribution in [0.25, 0.3) is 0 Å². The Kier molecular flexibility index (Phi) is 4.93. The molecule has 1 unspecified atom stereocenters. The molecule has 1 aromatic rings. The predicted molar refractivity (Wildman–Crippen MR) is 75.9 cm³/mol. The summed E-state index contributed by atoms with van der Waals surface area (Å²) in [5.41, 5.74) is 0. The summed E-state index contributed by atoms with van der Waals surface area (Å²) >= 11 is 0. The lowest BCUT2D eigenvalue weighted by Gasteiger charge is -2.17. The average molecular weight is 294 g/mol. The third kappa shape index (κ3) is 4.84. The first-order valence-corrected chi connectivity index (χ1v) is 7.38. The number of amides is 1. The Morgan fingerprint density at radius 3 is 2.71 bits per heavy atom. The molecule has 0 saturated heterocycles. The Balaban J connectivity index is 1.85. The number of aromatic nitrogens is 3. The maximum atomic E-state index is 12.0. The van der Waals surface area contributed by atoms with Gasteiger partial charge in [-0.1, -0.05) is 13.8 Å². The van der Waals surface area contributed by atoms with Crippen LogP contribution in [0.2, 0.25) is 0 Å². The van der Waals surface area contributed by atoms with E-state index < -0.39 is 5.97 Å². The zero-order chi connectivity index (χ0) is 15.4. The van der Waals surface area contributed by atoms with Gasteiger partial charge in [-0.15, -0.1) is 5.10 Å². The fraction of sp³-hybridized carbons (Fsp3) is 0.714. The van der Waals surface area contributed by atoms with Crippen LogP contribution in [0.1, 0.15) is 61.9 Å². The van der Waals surface area contributed by atoms with Gasteiger partial charge in [0.05, 0.1) is 0 Å². The minimum Gasteiger partial charge on any atom is -0.481 e. The maximum Gasteiger partial charge on any atom is 0.303 e. The van der Waals surface area contributed by atoms with E-state index in [0.29, 0.717) is 18.4 Å². The van der Waals surface area contributed by atoms with Crippen molar-refractivity contribution in [3.63, 3.8) is 0 Å². The second-order valence-electron chi connectivity index (χ2n) is 6.12. The Morgan fingerprint density at radius 2 is 2.14 bits per heavy atom. The minimum atomic E-state index is -0.844. The van der Waals surface area contributed by atoms with Crippen molar-refractivity contribution in [1.29, 1.82) is 0 Å². The summed E-state index contributed by atoms with van der Waals surface area (Å²) in [6.45, 7) is 4.40. The highest BCUT2D eigenvalue weighted by Crippen LogP contribution is 2.37. The van der Waals surface area contributed by atoms with Gasteiger partial charge in [-0.3, -0.25) is 14.7 Å². The van der Waals surface area contributed by atoms with E-state index >= 15 is 0 Å². The second-order valence-corrected chi connectivity index (χ2v) is 6.12. The highest BCUT2D eigenvalue weighted by molar-refractivity contribution is 5.90. The lowest BCUT2D eigenvalue weighted by atomic mass is 9.94. The maximum absolute atomic E-state index is 12.0. The molecule has 1 fully saturated rings.